The molecule has 0 aliphatic carbocycles. The second-order valence-electron chi connectivity index (χ2n) is 4.48. The number of nitriles is 1. The molecule has 0 radical (unpaired) electrons. The van der Waals surface area contributed by atoms with E-state index in [9.17, 15) is 4.79 Å². The van der Waals surface area contributed by atoms with Crippen LogP contribution in [0.25, 0.3) is 0 Å². The summed E-state index contributed by atoms with van der Waals surface area (Å²) < 4.78 is 6.53. The first kappa shape index (κ1) is 17.5. The van der Waals surface area contributed by atoms with Gasteiger partial charge >= 0.3 is 0 Å². The quantitative estimate of drug-likeness (QED) is 0.668. The number of carbonyl (C=O) groups excluding carboxylic acids is 1. The van der Waals surface area contributed by atoms with E-state index in [1.165, 1.54) is 0 Å². The van der Waals surface area contributed by atoms with Crippen LogP contribution in [-0.4, -0.2) is 25.6 Å². The highest BCUT2D eigenvalue weighted by Crippen LogP contribution is 2.23. The second kappa shape index (κ2) is 10.2. The largest absolute Gasteiger partial charge is 0.483 e. The first-order valence-electron chi connectivity index (χ1n) is 6.93. The van der Waals surface area contributed by atoms with Crippen LogP contribution in [-0.2, 0) is 11.3 Å². The van der Waals surface area contributed by atoms with Crippen LogP contribution < -0.4 is 15.4 Å². The van der Waals surface area contributed by atoms with Crippen molar-refractivity contribution in [3.05, 3.63) is 28.2 Å². The summed E-state index contributed by atoms with van der Waals surface area (Å²) in [6, 6.07) is 7.67. The Morgan fingerprint density at radius 1 is 1.43 bits per heavy atom. The molecule has 0 heterocycles. The Hall–Kier alpha value is -1.58. The lowest BCUT2D eigenvalue weighted by Gasteiger charge is -2.12. The summed E-state index contributed by atoms with van der Waals surface area (Å²) in [6.45, 7) is 4.04. The molecule has 1 aromatic rings. The van der Waals surface area contributed by atoms with E-state index in [-0.39, 0.29) is 12.5 Å². The summed E-state index contributed by atoms with van der Waals surface area (Å²) >= 11 is 3.43. The van der Waals surface area contributed by atoms with Crippen LogP contribution >= 0.6 is 15.9 Å². The predicted octanol–water partition coefficient (Wildman–Crippen LogP) is 2.36. The van der Waals surface area contributed by atoms with E-state index in [1.54, 1.807) is 0 Å². The second-order valence-corrected chi connectivity index (χ2v) is 5.39. The standard InChI is InChI=1S/C15H20BrN3O2/c1-2-7-18-10-12-9-13(16)4-5-14(12)21-11-15(20)19-8-3-6-17/h4-5,9,18H,2-3,7-8,10-11H2,1H3,(H,19,20). The maximum absolute atomic E-state index is 11.6. The maximum atomic E-state index is 11.6. The van der Waals surface area contributed by atoms with Gasteiger partial charge in [0.1, 0.15) is 5.75 Å². The molecule has 1 rings (SSSR count). The van der Waals surface area contributed by atoms with Gasteiger partial charge in [0.2, 0.25) is 0 Å². The average molecular weight is 354 g/mol. The van der Waals surface area contributed by atoms with Gasteiger partial charge in [-0.25, -0.2) is 0 Å². The van der Waals surface area contributed by atoms with Gasteiger partial charge in [-0.05, 0) is 31.2 Å². The molecule has 1 amide bonds. The van der Waals surface area contributed by atoms with Crippen molar-refractivity contribution < 1.29 is 9.53 Å². The van der Waals surface area contributed by atoms with Gasteiger partial charge < -0.3 is 15.4 Å². The molecular formula is C15H20BrN3O2. The Morgan fingerprint density at radius 3 is 2.95 bits per heavy atom. The third-order valence-electron chi connectivity index (χ3n) is 2.68. The van der Waals surface area contributed by atoms with Crippen molar-refractivity contribution >= 4 is 21.8 Å². The van der Waals surface area contributed by atoms with Crippen LogP contribution in [0.5, 0.6) is 5.75 Å². The lowest BCUT2D eigenvalue weighted by Crippen LogP contribution is -2.29. The topological polar surface area (TPSA) is 74.2 Å². The normalized spacial score (nSPS) is 9.95. The Bertz CT molecular complexity index is 500. The fourth-order valence-electron chi connectivity index (χ4n) is 1.68. The number of nitrogens with one attached hydrogen (secondary N) is 2. The highest BCUT2D eigenvalue weighted by molar-refractivity contribution is 9.10. The number of halogens is 1. The van der Waals surface area contributed by atoms with Gasteiger partial charge in [0, 0.05) is 23.1 Å². The number of benzene rings is 1. The van der Waals surface area contributed by atoms with Gasteiger partial charge in [0.05, 0.1) is 12.5 Å². The summed E-state index contributed by atoms with van der Waals surface area (Å²) in [5, 5.41) is 14.3. The average Bonchev–Trinajstić information content (AvgIpc) is 2.47. The number of nitrogens with zero attached hydrogens (tertiary/aromatic N) is 1. The van der Waals surface area contributed by atoms with Gasteiger partial charge in [0.25, 0.3) is 5.91 Å². The van der Waals surface area contributed by atoms with Crippen molar-refractivity contribution in [2.45, 2.75) is 26.3 Å². The molecule has 6 heteroatoms. The minimum absolute atomic E-state index is 0.0478. The van der Waals surface area contributed by atoms with Gasteiger partial charge in [-0.15, -0.1) is 0 Å². The molecule has 0 aliphatic rings. The fourth-order valence-corrected chi connectivity index (χ4v) is 2.09. The highest BCUT2D eigenvalue weighted by atomic mass is 79.9. The van der Waals surface area contributed by atoms with E-state index in [0.29, 0.717) is 25.3 Å². The summed E-state index contributed by atoms with van der Waals surface area (Å²) in [7, 11) is 0. The first-order valence-corrected chi connectivity index (χ1v) is 7.72. The maximum Gasteiger partial charge on any atom is 0.257 e. The number of ether oxygens (including phenoxy) is 1. The zero-order chi connectivity index (χ0) is 15.5. The van der Waals surface area contributed by atoms with E-state index in [1.807, 2.05) is 24.3 Å². The zero-order valence-electron chi connectivity index (χ0n) is 12.1. The van der Waals surface area contributed by atoms with Crippen molar-refractivity contribution in [2.75, 3.05) is 19.7 Å². The Kier molecular flexibility index (Phi) is 8.48. The smallest absolute Gasteiger partial charge is 0.257 e. The monoisotopic (exact) mass is 353 g/mol. The number of hydrogen-bond acceptors (Lipinski definition) is 4. The number of carbonyl (C=O) groups is 1. The summed E-state index contributed by atoms with van der Waals surface area (Å²) in [4.78, 5) is 11.6. The number of hydrogen-bond donors (Lipinski definition) is 2. The Morgan fingerprint density at radius 2 is 2.24 bits per heavy atom. The van der Waals surface area contributed by atoms with Gasteiger partial charge in [-0.1, -0.05) is 22.9 Å². The molecule has 0 aromatic heterocycles. The van der Waals surface area contributed by atoms with Crippen molar-refractivity contribution in [1.82, 2.24) is 10.6 Å². The molecule has 114 valence electrons. The fraction of sp³-hybridized carbons (Fsp3) is 0.467. The number of rotatable bonds is 9. The van der Waals surface area contributed by atoms with Crippen LogP contribution in [0.4, 0.5) is 0 Å². The third kappa shape index (κ3) is 7.11. The van der Waals surface area contributed by atoms with Crippen LogP contribution in [0.15, 0.2) is 22.7 Å². The molecule has 0 unspecified atom stereocenters. The van der Waals surface area contributed by atoms with Gasteiger partial charge in [-0.3, -0.25) is 4.79 Å². The van der Waals surface area contributed by atoms with Gasteiger partial charge in [0.15, 0.2) is 6.61 Å². The lowest BCUT2D eigenvalue weighted by molar-refractivity contribution is -0.123. The highest BCUT2D eigenvalue weighted by Gasteiger charge is 2.07. The summed E-state index contributed by atoms with van der Waals surface area (Å²) in [5.74, 6) is 0.470. The lowest BCUT2D eigenvalue weighted by atomic mass is 10.2. The molecule has 0 saturated carbocycles. The van der Waals surface area contributed by atoms with Crippen LogP contribution in [0.1, 0.15) is 25.3 Å². The van der Waals surface area contributed by atoms with E-state index < -0.39 is 0 Å². The number of amides is 1. The molecule has 0 aliphatic heterocycles. The van der Waals surface area contributed by atoms with Crippen LogP contribution in [0.2, 0.25) is 0 Å². The zero-order valence-corrected chi connectivity index (χ0v) is 13.7. The van der Waals surface area contributed by atoms with Crippen LogP contribution in [0, 0.1) is 11.3 Å². The third-order valence-corrected chi connectivity index (χ3v) is 3.18. The molecule has 1 aromatic carbocycles. The predicted molar refractivity (Wildman–Crippen MR) is 84.9 cm³/mol. The van der Waals surface area contributed by atoms with Crippen molar-refractivity contribution in [3.8, 4) is 11.8 Å². The summed E-state index contributed by atoms with van der Waals surface area (Å²) in [6.07, 6.45) is 1.36. The molecule has 0 bridgehead atoms. The van der Waals surface area contributed by atoms with E-state index in [0.717, 1.165) is 23.0 Å². The first-order chi connectivity index (χ1) is 10.2. The minimum Gasteiger partial charge on any atom is -0.483 e. The summed E-state index contributed by atoms with van der Waals surface area (Å²) in [5.41, 5.74) is 1.00. The van der Waals surface area contributed by atoms with E-state index in [4.69, 9.17) is 10.00 Å². The van der Waals surface area contributed by atoms with E-state index >= 15 is 0 Å². The van der Waals surface area contributed by atoms with E-state index in [2.05, 4.69) is 33.5 Å². The molecule has 21 heavy (non-hydrogen) atoms. The Balaban J connectivity index is 2.53. The molecule has 0 spiro atoms. The van der Waals surface area contributed by atoms with Gasteiger partial charge in [-0.2, -0.15) is 5.26 Å². The van der Waals surface area contributed by atoms with Crippen molar-refractivity contribution in [2.24, 2.45) is 0 Å². The molecule has 0 atom stereocenters. The Labute approximate surface area is 133 Å². The molecular weight excluding hydrogens is 334 g/mol. The SMILES string of the molecule is CCCNCc1cc(Br)ccc1OCC(=O)NCCC#N. The molecule has 5 nitrogen and oxygen atoms in total. The van der Waals surface area contributed by atoms with Crippen LogP contribution in [0.3, 0.4) is 0 Å². The molecule has 0 fully saturated rings. The van der Waals surface area contributed by atoms with Crippen molar-refractivity contribution in [3.63, 3.8) is 0 Å². The minimum atomic E-state index is -0.222. The molecule has 0 saturated heterocycles. The van der Waals surface area contributed by atoms with Crippen molar-refractivity contribution in [1.29, 1.82) is 5.26 Å². The molecule has 2 N–H and O–H groups in total.